The number of non-ortho nitro benzene ring substituents is 1. The second-order valence-electron chi connectivity index (χ2n) is 6.64. The highest BCUT2D eigenvalue weighted by Crippen LogP contribution is 2.30. The first-order chi connectivity index (χ1) is 12.6. The molecule has 8 nitrogen and oxygen atoms in total. The number of hydrogen-bond acceptors (Lipinski definition) is 7. The Hall–Kier alpha value is -2.58. The number of ether oxygens (including phenoxy) is 1. The minimum Gasteiger partial charge on any atom is -0.377 e. The van der Waals surface area contributed by atoms with Gasteiger partial charge in [-0.3, -0.25) is 10.1 Å². The normalized spacial score (nSPS) is 19.9. The molecule has 0 radical (unpaired) electrons. The molecule has 0 aliphatic carbocycles. The first-order valence-electron chi connectivity index (χ1n) is 8.83. The second-order valence-corrected chi connectivity index (χ2v) is 6.64. The van der Waals surface area contributed by atoms with Crippen LogP contribution in [0.3, 0.4) is 0 Å². The highest BCUT2D eigenvalue weighted by molar-refractivity contribution is 5.62. The van der Waals surface area contributed by atoms with E-state index in [2.05, 4.69) is 17.1 Å². The molecule has 0 bridgehead atoms. The van der Waals surface area contributed by atoms with Gasteiger partial charge in [0.15, 0.2) is 5.82 Å². The molecule has 4 rings (SSSR count). The predicted octanol–water partition coefficient (Wildman–Crippen LogP) is 1.92. The van der Waals surface area contributed by atoms with Gasteiger partial charge in [0.1, 0.15) is 5.82 Å². The van der Waals surface area contributed by atoms with E-state index in [0.717, 1.165) is 36.6 Å². The van der Waals surface area contributed by atoms with Crippen LogP contribution >= 0.6 is 0 Å². The molecule has 26 heavy (non-hydrogen) atoms. The number of fused-ring (bicyclic) bond motifs is 1. The van der Waals surface area contributed by atoms with E-state index < -0.39 is 4.92 Å². The third kappa shape index (κ3) is 3.13. The monoisotopic (exact) mass is 355 g/mol. The topological polar surface area (TPSA) is 93.4 Å². The summed E-state index contributed by atoms with van der Waals surface area (Å²) in [5.74, 6) is 1.58. The van der Waals surface area contributed by atoms with Gasteiger partial charge in [-0.2, -0.15) is 0 Å². The average molecular weight is 355 g/mol. The number of anilines is 1. The van der Waals surface area contributed by atoms with Crippen LogP contribution in [-0.2, 0) is 17.7 Å². The number of benzene rings is 1. The minimum atomic E-state index is -0.401. The Labute approximate surface area is 151 Å². The lowest BCUT2D eigenvalue weighted by Gasteiger charge is -2.36. The maximum Gasteiger partial charge on any atom is 0.269 e. The summed E-state index contributed by atoms with van der Waals surface area (Å²) in [7, 11) is 0. The lowest BCUT2D eigenvalue weighted by molar-refractivity contribution is -0.384. The third-order valence-electron chi connectivity index (χ3n) is 4.89. The molecule has 1 atom stereocenters. The summed E-state index contributed by atoms with van der Waals surface area (Å²) in [6, 6.07) is 6.66. The number of nitro groups is 1. The number of aromatic nitrogens is 2. The van der Waals surface area contributed by atoms with Crippen molar-refractivity contribution < 1.29 is 9.66 Å². The van der Waals surface area contributed by atoms with Crippen LogP contribution in [0.1, 0.15) is 18.2 Å². The summed E-state index contributed by atoms with van der Waals surface area (Å²) in [5.41, 5.74) is 3.05. The largest absolute Gasteiger partial charge is 0.377 e. The number of morpholine rings is 1. The lowest BCUT2D eigenvalue weighted by Crippen LogP contribution is -2.45. The molecule has 1 N–H and O–H groups in total. The molecular weight excluding hydrogens is 334 g/mol. The Morgan fingerprint density at radius 2 is 2.12 bits per heavy atom. The van der Waals surface area contributed by atoms with Crippen LogP contribution in [0.25, 0.3) is 11.4 Å². The van der Waals surface area contributed by atoms with E-state index in [-0.39, 0.29) is 11.7 Å². The molecular formula is C18H21N5O3. The van der Waals surface area contributed by atoms with Gasteiger partial charge in [0.05, 0.1) is 29.9 Å². The van der Waals surface area contributed by atoms with Crippen molar-refractivity contribution in [3.05, 3.63) is 45.6 Å². The molecule has 1 saturated heterocycles. The molecule has 0 amide bonds. The van der Waals surface area contributed by atoms with E-state index in [9.17, 15) is 10.1 Å². The number of rotatable bonds is 3. The first kappa shape index (κ1) is 16.9. The molecule has 2 aliphatic rings. The van der Waals surface area contributed by atoms with E-state index in [0.29, 0.717) is 25.6 Å². The zero-order valence-electron chi connectivity index (χ0n) is 14.6. The van der Waals surface area contributed by atoms with Crippen LogP contribution in [0.15, 0.2) is 24.3 Å². The number of hydrogen-bond donors (Lipinski definition) is 1. The van der Waals surface area contributed by atoms with E-state index in [1.54, 1.807) is 12.1 Å². The van der Waals surface area contributed by atoms with Crippen molar-refractivity contribution in [1.82, 2.24) is 15.3 Å². The molecule has 136 valence electrons. The predicted molar refractivity (Wildman–Crippen MR) is 97.2 cm³/mol. The van der Waals surface area contributed by atoms with Crippen molar-refractivity contribution in [3.63, 3.8) is 0 Å². The molecule has 8 heteroatoms. The summed E-state index contributed by atoms with van der Waals surface area (Å²) in [5, 5.41) is 14.2. The van der Waals surface area contributed by atoms with Crippen LogP contribution in [0.5, 0.6) is 0 Å². The summed E-state index contributed by atoms with van der Waals surface area (Å²) in [6.07, 6.45) is 0.898. The standard InChI is InChI=1S/C18H21N5O3/c1-12-11-26-9-8-22(12)18-15-6-7-19-10-16(15)20-17(21-18)13-2-4-14(5-3-13)23(24)25/h2-5,12,19H,6-11H2,1H3/t12-/m0/s1. The molecule has 0 unspecified atom stereocenters. The van der Waals surface area contributed by atoms with E-state index in [4.69, 9.17) is 14.7 Å². The highest BCUT2D eigenvalue weighted by Gasteiger charge is 2.27. The molecule has 1 aromatic heterocycles. The van der Waals surface area contributed by atoms with Crippen LogP contribution in [0.4, 0.5) is 11.5 Å². The number of nitrogens with zero attached hydrogens (tertiary/aromatic N) is 4. The van der Waals surface area contributed by atoms with Crippen molar-refractivity contribution in [1.29, 1.82) is 0 Å². The molecule has 2 aromatic rings. The van der Waals surface area contributed by atoms with Gasteiger partial charge in [0.25, 0.3) is 5.69 Å². The zero-order chi connectivity index (χ0) is 18.1. The van der Waals surface area contributed by atoms with Gasteiger partial charge < -0.3 is 15.0 Å². The van der Waals surface area contributed by atoms with Crippen LogP contribution in [-0.4, -0.2) is 47.2 Å². The SMILES string of the molecule is C[C@H]1COCCN1c1nc(-c2ccc([N+](=O)[O-])cc2)nc2c1CCNC2. The third-order valence-corrected chi connectivity index (χ3v) is 4.89. The minimum absolute atomic E-state index is 0.0652. The van der Waals surface area contributed by atoms with E-state index >= 15 is 0 Å². The van der Waals surface area contributed by atoms with Gasteiger partial charge in [-0.05, 0) is 32.0 Å². The van der Waals surface area contributed by atoms with Crippen molar-refractivity contribution in [2.24, 2.45) is 0 Å². The van der Waals surface area contributed by atoms with Gasteiger partial charge in [-0.15, -0.1) is 0 Å². The number of nitro benzene ring substituents is 1. The van der Waals surface area contributed by atoms with E-state index in [1.165, 1.54) is 17.7 Å². The molecule has 0 spiro atoms. The number of nitrogens with one attached hydrogen (secondary N) is 1. The van der Waals surface area contributed by atoms with Gasteiger partial charge >= 0.3 is 0 Å². The maximum absolute atomic E-state index is 10.9. The smallest absolute Gasteiger partial charge is 0.269 e. The summed E-state index contributed by atoms with van der Waals surface area (Å²) >= 11 is 0. The molecule has 2 aliphatic heterocycles. The molecule has 1 fully saturated rings. The fraction of sp³-hybridized carbons (Fsp3) is 0.444. The van der Waals surface area contributed by atoms with Crippen LogP contribution in [0.2, 0.25) is 0 Å². The van der Waals surface area contributed by atoms with Crippen LogP contribution in [0, 0.1) is 10.1 Å². The fourth-order valence-electron chi connectivity index (χ4n) is 3.48. The van der Waals surface area contributed by atoms with Gasteiger partial charge in [0.2, 0.25) is 0 Å². The summed E-state index contributed by atoms with van der Waals surface area (Å²) in [4.78, 5) is 22.4. The Kier molecular flexibility index (Phi) is 4.52. The van der Waals surface area contributed by atoms with Crippen molar-refractivity contribution in [3.8, 4) is 11.4 Å². The first-order valence-corrected chi connectivity index (χ1v) is 8.83. The quantitative estimate of drug-likeness (QED) is 0.664. The van der Waals surface area contributed by atoms with Crippen molar-refractivity contribution >= 4 is 11.5 Å². The molecule has 0 saturated carbocycles. The zero-order valence-corrected chi connectivity index (χ0v) is 14.6. The maximum atomic E-state index is 10.9. The van der Waals surface area contributed by atoms with Crippen molar-refractivity contribution in [2.75, 3.05) is 31.2 Å². The average Bonchev–Trinajstić information content (AvgIpc) is 2.68. The Bertz CT molecular complexity index is 824. The van der Waals surface area contributed by atoms with E-state index in [1.807, 2.05) is 0 Å². The fourth-order valence-corrected chi connectivity index (χ4v) is 3.48. The summed E-state index contributed by atoms with van der Waals surface area (Å²) < 4.78 is 5.57. The summed E-state index contributed by atoms with van der Waals surface area (Å²) in [6.45, 7) is 5.94. The Morgan fingerprint density at radius 1 is 1.31 bits per heavy atom. The second kappa shape index (κ2) is 6.97. The lowest BCUT2D eigenvalue weighted by atomic mass is 10.0. The van der Waals surface area contributed by atoms with Gasteiger partial charge in [-0.25, -0.2) is 9.97 Å². The van der Waals surface area contributed by atoms with Gasteiger partial charge in [-0.1, -0.05) is 0 Å². The molecule has 3 heterocycles. The Morgan fingerprint density at radius 3 is 2.85 bits per heavy atom. The van der Waals surface area contributed by atoms with Gasteiger partial charge in [0, 0.05) is 36.3 Å². The van der Waals surface area contributed by atoms with Crippen LogP contribution < -0.4 is 10.2 Å². The van der Waals surface area contributed by atoms with Crippen molar-refractivity contribution in [2.45, 2.75) is 25.9 Å². The highest BCUT2D eigenvalue weighted by atomic mass is 16.6. The molecule has 1 aromatic carbocycles. The Balaban J connectivity index is 1.78.